The summed E-state index contributed by atoms with van der Waals surface area (Å²) in [6, 6.07) is 11.6. The Hall–Kier alpha value is -1.88. The average Bonchev–Trinajstić information content (AvgIpc) is 2.77. The zero-order chi connectivity index (χ0) is 12.5. The molecule has 0 atom stereocenters. The van der Waals surface area contributed by atoms with Gasteiger partial charge in [0.1, 0.15) is 10.4 Å². The number of rotatable bonds is 2. The molecule has 0 saturated heterocycles. The minimum Gasteiger partial charge on any atom is -0.497 e. The largest absolute Gasteiger partial charge is 0.497 e. The zero-order valence-corrected chi connectivity index (χ0v) is 11.3. The molecule has 0 amide bonds. The molecule has 18 heavy (non-hydrogen) atoms. The number of halogens is 1. The van der Waals surface area contributed by atoms with Crippen molar-refractivity contribution in [1.82, 2.24) is 14.8 Å². The number of benzene rings is 1. The van der Waals surface area contributed by atoms with Gasteiger partial charge in [-0.15, -0.1) is 0 Å². The third kappa shape index (κ3) is 1.76. The molecule has 0 aliphatic rings. The average molecular weight is 304 g/mol. The predicted molar refractivity (Wildman–Crippen MR) is 73.1 cm³/mol. The highest BCUT2D eigenvalue weighted by molar-refractivity contribution is 9.10. The van der Waals surface area contributed by atoms with E-state index in [4.69, 9.17) is 4.74 Å². The molecule has 0 radical (unpaired) electrons. The highest BCUT2D eigenvalue weighted by Crippen LogP contribution is 2.24. The van der Waals surface area contributed by atoms with Gasteiger partial charge in [0.25, 0.3) is 0 Å². The van der Waals surface area contributed by atoms with E-state index in [1.165, 1.54) is 0 Å². The topological polar surface area (TPSA) is 39.9 Å². The second kappa shape index (κ2) is 4.42. The fourth-order valence-corrected chi connectivity index (χ4v) is 2.29. The lowest BCUT2D eigenvalue weighted by molar-refractivity contribution is 0.414. The number of ether oxygens (including phenoxy) is 1. The molecule has 3 aromatic rings. The SMILES string of the molecule is COc1ccc(-n2nc(Br)c3cccnc32)cc1. The van der Waals surface area contributed by atoms with Crippen molar-refractivity contribution in [2.45, 2.75) is 0 Å². The first kappa shape index (κ1) is 11.2. The molecule has 5 heteroatoms. The van der Waals surface area contributed by atoms with Crippen LogP contribution in [0.15, 0.2) is 47.2 Å². The normalized spacial score (nSPS) is 10.8. The van der Waals surface area contributed by atoms with Crippen LogP contribution in [0.25, 0.3) is 16.7 Å². The molecule has 4 nitrogen and oxygen atoms in total. The summed E-state index contributed by atoms with van der Waals surface area (Å²) < 4.78 is 7.74. The third-order valence-corrected chi connectivity index (χ3v) is 3.30. The van der Waals surface area contributed by atoms with Gasteiger partial charge in [-0.2, -0.15) is 5.10 Å². The van der Waals surface area contributed by atoms with Crippen LogP contribution in [0.1, 0.15) is 0 Å². The fourth-order valence-electron chi connectivity index (χ4n) is 1.82. The van der Waals surface area contributed by atoms with Gasteiger partial charge in [-0.3, -0.25) is 0 Å². The lowest BCUT2D eigenvalue weighted by atomic mass is 10.3. The molecule has 0 aliphatic carbocycles. The van der Waals surface area contributed by atoms with Crippen molar-refractivity contribution in [3.8, 4) is 11.4 Å². The summed E-state index contributed by atoms with van der Waals surface area (Å²) in [5.74, 6) is 0.822. The quantitative estimate of drug-likeness (QED) is 0.730. The minimum absolute atomic E-state index is 0.793. The zero-order valence-electron chi connectivity index (χ0n) is 9.67. The molecule has 0 saturated carbocycles. The summed E-state index contributed by atoms with van der Waals surface area (Å²) in [5.41, 5.74) is 1.78. The smallest absolute Gasteiger partial charge is 0.164 e. The number of pyridine rings is 1. The number of methoxy groups -OCH3 is 1. The van der Waals surface area contributed by atoms with Gasteiger partial charge in [0, 0.05) is 6.20 Å². The Bertz CT molecular complexity index is 691. The first-order valence-corrected chi connectivity index (χ1v) is 6.22. The van der Waals surface area contributed by atoms with Crippen LogP contribution in [0.5, 0.6) is 5.75 Å². The van der Waals surface area contributed by atoms with Crippen molar-refractivity contribution in [2.75, 3.05) is 7.11 Å². The van der Waals surface area contributed by atoms with Crippen molar-refractivity contribution < 1.29 is 4.74 Å². The van der Waals surface area contributed by atoms with Gasteiger partial charge in [-0.25, -0.2) is 9.67 Å². The van der Waals surface area contributed by atoms with E-state index in [2.05, 4.69) is 26.0 Å². The van der Waals surface area contributed by atoms with E-state index >= 15 is 0 Å². The lowest BCUT2D eigenvalue weighted by Crippen LogP contribution is -1.97. The standard InChI is InChI=1S/C13H10BrN3O/c1-18-10-6-4-9(5-7-10)17-13-11(12(14)16-17)3-2-8-15-13/h2-8H,1H3. The summed E-state index contributed by atoms with van der Waals surface area (Å²) in [5, 5.41) is 5.44. The van der Waals surface area contributed by atoms with Crippen molar-refractivity contribution in [1.29, 1.82) is 0 Å². The molecule has 1 aromatic carbocycles. The Kier molecular flexibility index (Phi) is 2.76. The first-order chi connectivity index (χ1) is 8.79. The Morgan fingerprint density at radius 3 is 2.67 bits per heavy atom. The number of hydrogen-bond donors (Lipinski definition) is 0. The van der Waals surface area contributed by atoms with Crippen LogP contribution < -0.4 is 4.74 Å². The molecule has 0 aliphatic heterocycles. The summed E-state index contributed by atoms with van der Waals surface area (Å²) in [6.45, 7) is 0. The first-order valence-electron chi connectivity index (χ1n) is 5.43. The Balaban J connectivity index is 2.18. The molecule has 2 heterocycles. The third-order valence-electron chi connectivity index (χ3n) is 2.71. The maximum Gasteiger partial charge on any atom is 0.164 e. The molecule has 0 unspecified atom stereocenters. The number of fused-ring (bicyclic) bond motifs is 1. The molecular formula is C13H10BrN3O. The number of nitrogens with zero attached hydrogens (tertiary/aromatic N) is 3. The van der Waals surface area contributed by atoms with Gasteiger partial charge in [0.05, 0.1) is 18.2 Å². The number of hydrogen-bond acceptors (Lipinski definition) is 3. The van der Waals surface area contributed by atoms with E-state index in [9.17, 15) is 0 Å². The molecule has 2 aromatic heterocycles. The van der Waals surface area contributed by atoms with Crippen LogP contribution in [-0.4, -0.2) is 21.9 Å². The summed E-state index contributed by atoms with van der Waals surface area (Å²) in [6.07, 6.45) is 1.76. The van der Waals surface area contributed by atoms with E-state index in [0.717, 1.165) is 27.1 Å². The van der Waals surface area contributed by atoms with Crippen LogP contribution >= 0.6 is 15.9 Å². The van der Waals surface area contributed by atoms with Gasteiger partial charge in [-0.05, 0) is 52.3 Å². The number of aromatic nitrogens is 3. The van der Waals surface area contributed by atoms with Crippen molar-refractivity contribution in [3.05, 3.63) is 47.2 Å². The highest BCUT2D eigenvalue weighted by atomic mass is 79.9. The summed E-state index contributed by atoms with van der Waals surface area (Å²) in [7, 11) is 1.65. The van der Waals surface area contributed by atoms with Crippen LogP contribution in [-0.2, 0) is 0 Å². The molecule has 3 rings (SSSR count). The second-order valence-corrected chi connectivity index (χ2v) is 4.53. The van der Waals surface area contributed by atoms with Crippen LogP contribution in [0.3, 0.4) is 0 Å². The van der Waals surface area contributed by atoms with Gasteiger partial charge in [-0.1, -0.05) is 0 Å². The second-order valence-electron chi connectivity index (χ2n) is 3.78. The maximum absolute atomic E-state index is 5.14. The van der Waals surface area contributed by atoms with Gasteiger partial charge >= 0.3 is 0 Å². The molecule has 0 spiro atoms. The molecule has 0 fully saturated rings. The maximum atomic E-state index is 5.14. The van der Waals surface area contributed by atoms with Gasteiger partial charge in [0.15, 0.2) is 5.65 Å². The van der Waals surface area contributed by atoms with Gasteiger partial charge in [0.2, 0.25) is 0 Å². The molecule has 0 bridgehead atoms. The lowest BCUT2D eigenvalue weighted by Gasteiger charge is -2.04. The summed E-state index contributed by atoms with van der Waals surface area (Å²) in [4.78, 5) is 4.36. The van der Waals surface area contributed by atoms with Crippen molar-refractivity contribution >= 4 is 27.0 Å². The highest BCUT2D eigenvalue weighted by Gasteiger charge is 2.10. The van der Waals surface area contributed by atoms with Crippen LogP contribution in [0, 0.1) is 0 Å². The van der Waals surface area contributed by atoms with E-state index < -0.39 is 0 Å². The molecular weight excluding hydrogens is 294 g/mol. The molecule has 0 N–H and O–H groups in total. The Morgan fingerprint density at radius 2 is 1.94 bits per heavy atom. The van der Waals surface area contributed by atoms with Crippen molar-refractivity contribution in [3.63, 3.8) is 0 Å². The van der Waals surface area contributed by atoms with E-state index in [1.807, 2.05) is 36.4 Å². The van der Waals surface area contributed by atoms with E-state index in [0.29, 0.717) is 0 Å². The van der Waals surface area contributed by atoms with E-state index in [1.54, 1.807) is 18.0 Å². The van der Waals surface area contributed by atoms with Gasteiger partial charge < -0.3 is 4.74 Å². The van der Waals surface area contributed by atoms with Crippen LogP contribution in [0.2, 0.25) is 0 Å². The molecule has 90 valence electrons. The van der Waals surface area contributed by atoms with Crippen LogP contribution in [0.4, 0.5) is 0 Å². The minimum atomic E-state index is 0.793. The predicted octanol–water partition coefficient (Wildman–Crippen LogP) is 3.19. The fraction of sp³-hybridized carbons (Fsp3) is 0.0769. The monoisotopic (exact) mass is 303 g/mol. The summed E-state index contributed by atoms with van der Waals surface area (Å²) >= 11 is 3.45. The van der Waals surface area contributed by atoms with E-state index in [-0.39, 0.29) is 0 Å². The Morgan fingerprint density at radius 1 is 1.17 bits per heavy atom. The Labute approximate surface area is 112 Å². The van der Waals surface area contributed by atoms with Crippen molar-refractivity contribution in [2.24, 2.45) is 0 Å².